The van der Waals surface area contributed by atoms with E-state index in [1.807, 2.05) is 11.3 Å². The van der Waals surface area contributed by atoms with E-state index in [1.165, 1.54) is 37.4 Å². The number of nitrogens with zero attached hydrogens (tertiary/aromatic N) is 1. The lowest BCUT2D eigenvalue weighted by molar-refractivity contribution is 0.281. The minimum absolute atomic E-state index is 0.702. The number of hydrogen-bond donors (Lipinski definition) is 1. The molecular formula is C13H22N2S. The Labute approximate surface area is 103 Å². The Kier molecular flexibility index (Phi) is 4.38. The second-order valence-electron chi connectivity index (χ2n) is 4.92. The fourth-order valence-corrected chi connectivity index (χ4v) is 3.02. The highest BCUT2D eigenvalue weighted by Gasteiger charge is 2.23. The second kappa shape index (κ2) is 5.80. The average Bonchev–Trinajstić information content (AvgIpc) is 2.88. The van der Waals surface area contributed by atoms with Gasteiger partial charge >= 0.3 is 0 Å². The fourth-order valence-electron chi connectivity index (χ4n) is 2.33. The molecule has 0 radical (unpaired) electrons. The van der Waals surface area contributed by atoms with Gasteiger partial charge in [0.15, 0.2) is 0 Å². The van der Waals surface area contributed by atoms with Crippen LogP contribution in [0.1, 0.15) is 18.2 Å². The molecule has 2 nitrogen and oxygen atoms in total. The first-order valence-corrected chi connectivity index (χ1v) is 7.08. The van der Waals surface area contributed by atoms with Gasteiger partial charge < -0.3 is 10.2 Å². The summed E-state index contributed by atoms with van der Waals surface area (Å²) < 4.78 is 0. The Morgan fingerprint density at radius 3 is 3.06 bits per heavy atom. The molecule has 2 rings (SSSR count). The molecule has 0 saturated carbocycles. The van der Waals surface area contributed by atoms with Crippen molar-refractivity contribution in [2.75, 3.05) is 26.7 Å². The Balaban J connectivity index is 1.70. The highest BCUT2D eigenvalue weighted by Crippen LogP contribution is 2.15. The number of hydrogen-bond acceptors (Lipinski definition) is 3. The van der Waals surface area contributed by atoms with Gasteiger partial charge in [0, 0.05) is 24.0 Å². The molecule has 0 spiro atoms. The van der Waals surface area contributed by atoms with E-state index in [1.54, 1.807) is 0 Å². The zero-order chi connectivity index (χ0) is 11.4. The maximum atomic E-state index is 3.59. The first-order valence-electron chi connectivity index (χ1n) is 6.20. The molecule has 2 heterocycles. The lowest BCUT2D eigenvalue weighted by atomic mass is 10.0. The molecule has 1 aromatic heterocycles. The molecule has 2 atom stereocenters. The van der Waals surface area contributed by atoms with Crippen LogP contribution in [-0.4, -0.2) is 37.6 Å². The molecule has 1 saturated heterocycles. The van der Waals surface area contributed by atoms with E-state index in [4.69, 9.17) is 0 Å². The Morgan fingerprint density at radius 1 is 1.56 bits per heavy atom. The first-order chi connectivity index (χ1) is 7.75. The SMILES string of the molecule is CC1CCNC1CN(C)CCc1cccs1. The third kappa shape index (κ3) is 3.30. The normalized spacial score (nSPS) is 25.4. The third-order valence-electron chi connectivity index (χ3n) is 3.52. The molecule has 0 amide bonds. The molecular weight excluding hydrogens is 216 g/mol. The Morgan fingerprint density at radius 2 is 2.44 bits per heavy atom. The van der Waals surface area contributed by atoms with Crippen molar-refractivity contribution in [3.63, 3.8) is 0 Å². The van der Waals surface area contributed by atoms with E-state index in [2.05, 4.69) is 41.7 Å². The maximum absolute atomic E-state index is 3.59. The van der Waals surface area contributed by atoms with E-state index in [-0.39, 0.29) is 0 Å². The standard InChI is InChI=1S/C13H22N2S/c1-11-5-7-14-13(11)10-15(2)8-6-12-4-3-9-16-12/h3-4,9,11,13-14H,5-8,10H2,1-2H3. The summed E-state index contributed by atoms with van der Waals surface area (Å²) in [5, 5.41) is 5.75. The Hall–Kier alpha value is -0.380. The van der Waals surface area contributed by atoms with Gasteiger partial charge in [-0.2, -0.15) is 0 Å². The molecule has 3 heteroatoms. The molecule has 1 fully saturated rings. The summed E-state index contributed by atoms with van der Waals surface area (Å²) in [5.74, 6) is 0.837. The quantitative estimate of drug-likeness (QED) is 0.846. The second-order valence-corrected chi connectivity index (χ2v) is 5.95. The van der Waals surface area contributed by atoms with Gasteiger partial charge in [-0.1, -0.05) is 13.0 Å². The summed E-state index contributed by atoms with van der Waals surface area (Å²) in [5.41, 5.74) is 0. The van der Waals surface area contributed by atoms with Gasteiger partial charge in [0.2, 0.25) is 0 Å². The van der Waals surface area contributed by atoms with E-state index in [0.717, 1.165) is 5.92 Å². The van der Waals surface area contributed by atoms with Gasteiger partial charge in [-0.15, -0.1) is 11.3 Å². The van der Waals surface area contributed by atoms with Crippen LogP contribution in [0, 0.1) is 5.92 Å². The van der Waals surface area contributed by atoms with Gasteiger partial charge in [0.05, 0.1) is 0 Å². The molecule has 0 aliphatic carbocycles. The number of likely N-dealkylation sites (N-methyl/N-ethyl adjacent to an activating group) is 1. The van der Waals surface area contributed by atoms with E-state index < -0.39 is 0 Å². The highest BCUT2D eigenvalue weighted by molar-refractivity contribution is 7.09. The molecule has 0 bridgehead atoms. The predicted molar refractivity (Wildman–Crippen MR) is 71.1 cm³/mol. The monoisotopic (exact) mass is 238 g/mol. The van der Waals surface area contributed by atoms with Crippen molar-refractivity contribution >= 4 is 11.3 Å². The summed E-state index contributed by atoms with van der Waals surface area (Å²) in [7, 11) is 2.24. The van der Waals surface area contributed by atoms with Gasteiger partial charge in [-0.05, 0) is 43.8 Å². The number of nitrogens with one attached hydrogen (secondary N) is 1. The fraction of sp³-hybridized carbons (Fsp3) is 0.692. The molecule has 1 aromatic rings. The van der Waals surface area contributed by atoms with Crippen LogP contribution in [0.4, 0.5) is 0 Å². The van der Waals surface area contributed by atoms with Crippen molar-refractivity contribution in [2.45, 2.75) is 25.8 Å². The van der Waals surface area contributed by atoms with Crippen LogP contribution in [0.15, 0.2) is 17.5 Å². The van der Waals surface area contributed by atoms with Crippen molar-refractivity contribution in [2.24, 2.45) is 5.92 Å². The van der Waals surface area contributed by atoms with E-state index >= 15 is 0 Å². The van der Waals surface area contributed by atoms with Gasteiger partial charge in [0.25, 0.3) is 0 Å². The average molecular weight is 238 g/mol. The third-order valence-corrected chi connectivity index (χ3v) is 4.46. The van der Waals surface area contributed by atoms with Crippen LogP contribution in [0.5, 0.6) is 0 Å². The van der Waals surface area contributed by atoms with Crippen molar-refractivity contribution in [3.05, 3.63) is 22.4 Å². The largest absolute Gasteiger partial charge is 0.312 e. The number of rotatable bonds is 5. The molecule has 1 N–H and O–H groups in total. The Bertz CT molecular complexity index is 297. The van der Waals surface area contributed by atoms with Crippen LogP contribution in [0.25, 0.3) is 0 Å². The van der Waals surface area contributed by atoms with Crippen molar-refractivity contribution in [3.8, 4) is 0 Å². The summed E-state index contributed by atoms with van der Waals surface area (Å²) >= 11 is 1.87. The number of thiophene rings is 1. The topological polar surface area (TPSA) is 15.3 Å². The van der Waals surface area contributed by atoms with Crippen LogP contribution < -0.4 is 5.32 Å². The van der Waals surface area contributed by atoms with Gasteiger partial charge in [-0.25, -0.2) is 0 Å². The summed E-state index contributed by atoms with van der Waals surface area (Å²) in [6.45, 7) is 5.92. The molecule has 16 heavy (non-hydrogen) atoms. The summed E-state index contributed by atoms with van der Waals surface area (Å²) in [4.78, 5) is 3.96. The van der Waals surface area contributed by atoms with Crippen LogP contribution in [-0.2, 0) is 6.42 Å². The predicted octanol–water partition coefficient (Wildman–Crippen LogP) is 2.22. The lowest BCUT2D eigenvalue weighted by Crippen LogP contribution is -2.38. The first kappa shape index (κ1) is 12.1. The van der Waals surface area contributed by atoms with Crippen molar-refractivity contribution in [1.29, 1.82) is 0 Å². The van der Waals surface area contributed by atoms with Crippen LogP contribution >= 0.6 is 11.3 Å². The van der Waals surface area contributed by atoms with E-state index in [0.29, 0.717) is 6.04 Å². The molecule has 1 aliphatic heterocycles. The van der Waals surface area contributed by atoms with Crippen LogP contribution in [0.3, 0.4) is 0 Å². The van der Waals surface area contributed by atoms with Crippen LogP contribution in [0.2, 0.25) is 0 Å². The van der Waals surface area contributed by atoms with Gasteiger partial charge in [-0.3, -0.25) is 0 Å². The maximum Gasteiger partial charge on any atom is 0.0220 e. The zero-order valence-corrected chi connectivity index (χ0v) is 11.1. The van der Waals surface area contributed by atoms with Crippen molar-refractivity contribution in [1.82, 2.24) is 10.2 Å². The highest BCUT2D eigenvalue weighted by atomic mass is 32.1. The molecule has 90 valence electrons. The molecule has 2 unspecified atom stereocenters. The minimum Gasteiger partial charge on any atom is -0.312 e. The molecule has 0 aromatic carbocycles. The van der Waals surface area contributed by atoms with Crippen molar-refractivity contribution < 1.29 is 0 Å². The summed E-state index contributed by atoms with van der Waals surface area (Å²) in [6.07, 6.45) is 2.53. The van der Waals surface area contributed by atoms with E-state index in [9.17, 15) is 0 Å². The van der Waals surface area contributed by atoms with Gasteiger partial charge in [0.1, 0.15) is 0 Å². The smallest absolute Gasteiger partial charge is 0.0220 e. The molecule has 1 aliphatic rings. The summed E-state index contributed by atoms with van der Waals surface area (Å²) in [6, 6.07) is 5.07. The zero-order valence-electron chi connectivity index (χ0n) is 10.3. The lowest BCUT2D eigenvalue weighted by Gasteiger charge is -2.23. The minimum atomic E-state index is 0.702.